The molecule has 1 heterocycles. The molecule has 1 aliphatic heterocycles. The van der Waals surface area contributed by atoms with E-state index in [1.807, 2.05) is 60.7 Å². The summed E-state index contributed by atoms with van der Waals surface area (Å²) in [6, 6.07) is 22.2. The fourth-order valence-corrected chi connectivity index (χ4v) is 6.70. The fraction of sp³-hybridized carbons (Fsp3) is 0.321. The van der Waals surface area contributed by atoms with E-state index in [4.69, 9.17) is 5.41 Å². The summed E-state index contributed by atoms with van der Waals surface area (Å²) in [4.78, 5) is 0.163. The van der Waals surface area contributed by atoms with Crippen LogP contribution in [-0.4, -0.2) is 47.0 Å². The highest BCUT2D eigenvalue weighted by Gasteiger charge is 2.49. The van der Waals surface area contributed by atoms with Gasteiger partial charge in [0.25, 0.3) is 0 Å². The minimum absolute atomic E-state index is 0.0647. The summed E-state index contributed by atoms with van der Waals surface area (Å²) in [6.07, 6.45) is 1.40. The molecule has 4 rings (SSSR count). The Bertz CT molecular complexity index is 1150. The monoisotopic (exact) mass is 496 g/mol. The first-order valence-electron chi connectivity index (χ1n) is 11.8. The van der Waals surface area contributed by atoms with Gasteiger partial charge in [-0.05, 0) is 29.2 Å². The fourth-order valence-electron chi connectivity index (χ4n) is 5.58. The van der Waals surface area contributed by atoms with Gasteiger partial charge in [0.1, 0.15) is 11.6 Å². The molecule has 0 aliphatic carbocycles. The van der Waals surface area contributed by atoms with Crippen molar-refractivity contribution >= 4 is 16.7 Å². The molecule has 35 heavy (non-hydrogen) atoms. The molecule has 3 atom stereocenters. The van der Waals surface area contributed by atoms with Gasteiger partial charge < -0.3 is 15.0 Å². The molecule has 3 aromatic carbocycles. The molecule has 0 bridgehead atoms. The summed E-state index contributed by atoms with van der Waals surface area (Å²) in [5.74, 6) is -1.82. The van der Waals surface area contributed by atoms with Gasteiger partial charge in [-0.1, -0.05) is 60.7 Å². The van der Waals surface area contributed by atoms with E-state index in [-0.39, 0.29) is 10.8 Å². The van der Waals surface area contributed by atoms with Crippen molar-refractivity contribution in [3.63, 3.8) is 0 Å². The third-order valence-electron chi connectivity index (χ3n) is 7.23. The Labute approximate surface area is 207 Å². The number of quaternary nitrogens is 1. The molecule has 0 saturated carbocycles. The summed E-state index contributed by atoms with van der Waals surface area (Å²) in [7, 11) is 0.636. The van der Waals surface area contributed by atoms with Crippen LogP contribution in [0.3, 0.4) is 0 Å². The zero-order valence-electron chi connectivity index (χ0n) is 19.8. The minimum atomic E-state index is -1.49. The minimum Gasteiger partial charge on any atom is -0.861 e. The SMILES string of the molecule is C[N+]1(CCCS(=O)c2cc(F)cc(F)c2)CCC(C(C(=N)[O-])(c2ccccc2)c2ccccc2)C1. The van der Waals surface area contributed by atoms with E-state index in [1.165, 1.54) is 0 Å². The zero-order valence-corrected chi connectivity index (χ0v) is 20.6. The summed E-state index contributed by atoms with van der Waals surface area (Å²) in [5.41, 5.74) is 0.609. The lowest BCUT2D eigenvalue weighted by molar-refractivity contribution is -0.899. The van der Waals surface area contributed by atoms with E-state index in [1.54, 1.807) is 0 Å². The predicted molar refractivity (Wildman–Crippen MR) is 133 cm³/mol. The Balaban J connectivity index is 1.53. The van der Waals surface area contributed by atoms with Gasteiger partial charge in [-0.2, -0.15) is 0 Å². The second-order valence-corrected chi connectivity index (χ2v) is 11.2. The van der Waals surface area contributed by atoms with Crippen molar-refractivity contribution in [3.8, 4) is 0 Å². The number of benzene rings is 3. The summed E-state index contributed by atoms with van der Waals surface area (Å²) < 4.78 is 40.3. The maximum absolute atomic E-state index is 13.5. The van der Waals surface area contributed by atoms with Crippen molar-refractivity contribution in [3.05, 3.63) is 102 Å². The van der Waals surface area contributed by atoms with Crippen LogP contribution in [-0.2, 0) is 16.2 Å². The van der Waals surface area contributed by atoms with Crippen LogP contribution >= 0.6 is 0 Å². The molecule has 1 fully saturated rings. The molecule has 0 spiro atoms. The van der Waals surface area contributed by atoms with Crippen LogP contribution in [0.15, 0.2) is 83.8 Å². The number of nitrogens with one attached hydrogen (secondary N) is 1. The van der Waals surface area contributed by atoms with Crippen LogP contribution in [0.1, 0.15) is 24.0 Å². The molecular weight excluding hydrogens is 466 g/mol. The Morgan fingerprint density at radius 1 is 1.03 bits per heavy atom. The van der Waals surface area contributed by atoms with Gasteiger partial charge in [0.15, 0.2) is 0 Å². The second kappa shape index (κ2) is 10.4. The van der Waals surface area contributed by atoms with Crippen LogP contribution < -0.4 is 5.11 Å². The lowest BCUT2D eigenvalue weighted by Gasteiger charge is -2.43. The molecule has 0 aromatic heterocycles. The standard InChI is InChI=1S/C28H30F2N2O2S/c1-32(14-8-16-35(34)26-18-24(29)17-25(30)19-26)15-13-23(20-32)28(27(31)33,21-9-4-2-5-10-21)22-11-6-3-7-12-22/h2-7,9-12,17-19,23H,8,13-16,20H2,1H3,(H-,31,33). The van der Waals surface area contributed by atoms with Gasteiger partial charge in [-0.25, -0.2) is 8.78 Å². The Kier molecular flexibility index (Phi) is 7.47. The third kappa shape index (κ3) is 5.21. The Morgan fingerprint density at radius 2 is 1.57 bits per heavy atom. The Hall–Kier alpha value is -2.90. The Morgan fingerprint density at radius 3 is 2.09 bits per heavy atom. The topological polar surface area (TPSA) is 64.0 Å². The van der Waals surface area contributed by atoms with Crippen LogP contribution in [0.4, 0.5) is 8.78 Å². The van der Waals surface area contributed by atoms with Gasteiger partial charge in [0, 0.05) is 35.5 Å². The molecular formula is C28H30F2N2O2S. The van der Waals surface area contributed by atoms with Crippen molar-refractivity contribution in [2.24, 2.45) is 5.92 Å². The van der Waals surface area contributed by atoms with E-state index < -0.39 is 33.7 Å². The van der Waals surface area contributed by atoms with E-state index in [2.05, 4.69) is 7.05 Å². The number of halogens is 2. The van der Waals surface area contributed by atoms with E-state index in [0.29, 0.717) is 23.2 Å². The molecule has 7 heteroatoms. The van der Waals surface area contributed by atoms with Crippen LogP contribution in [0.5, 0.6) is 0 Å². The molecule has 0 radical (unpaired) electrons. The highest BCUT2D eigenvalue weighted by molar-refractivity contribution is 7.85. The van der Waals surface area contributed by atoms with E-state index in [9.17, 15) is 18.1 Å². The predicted octanol–water partition coefficient (Wildman–Crippen LogP) is 4.25. The first-order chi connectivity index (χ1) is 16.7. The maximum atomic E-state index is 13.5. The highest BCUT2D eigenvalue weighted by atomic mass is 32.2. The third-order valence-corrected chi connectivity index (χ3v) is 8.65. The van der Waals surface area contributed by atoms with Crippen molar-refractivity contribution in [2.45, 2.75) is 23.2 Å². The molecule has 0 amide bonds. The number of nitrogens with zero attached hydrogens (tertiary/aromatic N) is 1. The van der Waals surface area contributed by atoms with Gasteiger partial charge in [0.05, 0.1) is 42.9 Å². The highest BCUT2D eigenvalue weighted by Crippen LogP contribution is 2.45. The maximum Gasteiger partial charge on any atom is 0.127 e. The summed E-state index contributed by atoms with van der Waals surface area (Å²) in [5, 5.41) is 21.6. The zero-order chi connectivity index (χ0) is 25.1. The van der Waals surface area contributed by atoms with Gasteiger partial charge >= 0.3 is 0 Å². The van der Waals surface area contributed by atoms with Crippen LogP contribution in [0, 0.1) is 23.0 Å². The number of hydrogen-bond acceptors (Lipinski definition) is 3. The quantitative estimate of drug-likeness (QED) is 0.273. The summed E-state index contributed by atoms with van der Waals surface area (Å²) >= 11 is 0. The molecule has 184 valence electrons. The van der Waals surface area contributed by atoms with Crippen molar-refractivity contribution in [2.75, 3.05) is 32.4 Å². The lowest BCUT2D eigenvalue weighted by atomic mass is 9.65. The van der Waals surface area contributed by atoms with Crippen molar-refractivity contribution < 1.29 is 22.6 Å². The average molecular weight is 497 g/mol. The van der Waals surface area contributed by atoms with Crippen molar-refractivity contribution in [1.82, 2.24) is 0 Å². The molecule has 1 saturated heterocycles. The normalized spacial score (nSPS) is 21.1. The molecule has 3 unspecified atom stereocenters. The average Bonchev–Trinajstić information content (AvgIpc) is 3.22. The van der Waals surface area contributed by atoms with Gasteiger partial charge in [0.2, 0.25) is 0 Å². The first-order valence-corrected chi connectivity index (χ1v) is 13.1. The van der Waals surface area contributed by atoms with Gasteiger partial charge in [-0.15, -0.1) is 0 Å². The molecule has 4 nitrogen and oxygen atoms in total. The molecule has 3 aromatic rings. The molecule has 1 aliphatic rings. The second-order valence-electron chi connectivity index (χ2n) is 9.61. The first kappa shape index (κ1) is 25.2. The number of hydrogen-bond donors (Lipinski definition) is 1. The van der Waals surface area contributed by atoms with Crippen LogP contribution in [0.25, 0.3) is 0 Å². The van der Waals surface area contributed by atoms with E-state index >= 15 is 0 Å². The largest absolute Gasteiger partial charge is 0.861 e. The molecule has 1 N–H and O–H groups in total. The van der Waals surface area contributed by atoms with Crippen molar-refractivity contribution in [1.29, 1.82) is 5.41 Å². The lowest BCUT2D eigenvalue weighted by Crippen LogP contribution is -2.52. The van der Waals surface area contributed by atoms with Crippen LogP contribution in [0.2, 0.25) is 0 Å². The smallest absolute Gasteiger partial charge is 0.127 e. The summed E-state index contributed by atoms with van der Waals surface area (Å²) in [6.45, 7) is 2.27. The van der Waals surface area contributed by atoms with Gasteiger partial charge in [-0.3, -0.25) is 4.21 Å². The number of rotatable bonds is 9. The van der Waals surface area contributed by atoms with E-state index in [0.717, 1.165) is 48.8 Å². The number of likely N-dealkylation sites (tertiary alicyclic amines) is 1.